The van der Waals surface area contributed by atoms with Gasteiger partial charge in [-0.05, 0) is 55.5 Å². The molecule has 6 nitrogen and oxygen atoms in total. The van der Waals surface area contributed by atoms with Crippen LogP contribution in [0.4, 0.5) is 18.9 Å². The van der Waals surface area contributed by atoms with Crippen LogP contribution in [-0.4, -0.2) is 21.5 Å². The predicted octanol–water partition coefficient (Wildman–Crippen LogP) is 4.39. The van der Waals surface area contributed by atoms with Crippen LogP contribution < -0.4 is 10.1 Å². The number of Topliss-reactive ketones (excluding diaryl/α,β-unsaturated/α-hetero) is 1. The van der Waals surface area contributed by atoms with Crippen LogP contribution in [0, 0.1) is 0 Å². The van der Waals surface area contributed by atoms with Crippen molar-refractivity contribution in [3.8, 4) is 5.75 Å². The molecule has 0 saturated heterocycles. The Kier molecular flexibility index (Phi) is 5.67. The lowest BCUT2D eigenvalue weighted by Gasteiger charge is -2.10. The van der Waals surface area contributed by atoms with E-state index in [4.69, 9.17) is 4.74 Å². The number of ketones is 1. The molecule has 0 aliphatic carbocycles. The van der Waals surface area contributed by atoms with Gasteiger partial charge in [-0.15, -0.1) is 0 Å². The molecule has 150 valence electrons. The average molecular weight is 403 g/mol. The molecule has 0 unspecified atom stereocenters. The third kappa shape index (κ3) is 5.22. The summed E-state index contributed by atoms with van der Waals surface area (Å²) in [4.78, 5) is 23.5. The van der Waals surface area contributed by atoms with Crippen molar-refractivity contribution >= 4 is 17.4 Å². The molecular weight excluding hydrogens is 387 g/mol. The van der Waals surface area contributed by atoms with Crippen molar-refractivity contribution in [1.29, 1.82) is 0 Å². The van der Waals surface area contributed by atoms with E-state index in [0.29, 0.717) is 11.3 Å². The Hall–Kier alpha value is -3.62. The highest BCUT2D eigenvalue weighted by Crippen LogP contribution is 2.31. The molecule has 0 aliphatic heterocycles. The minimum absolute atomic E-state index is 0.0342. The Morgan fingerprint density at radius 2 is 1.83 bits per heavy atom. The number of rotatable bonds is 6. The summed E-state index contributed by atoms with van der Waals surface area (Å²) in [5, 5.41) is 6.69. The summed E-state index contributed by atoms with van der Waals surface area (Å²) in [6, 6.07) is 12.3. The van der Waals surface area contributed by atoms with E-state index < -0.39 is 17.6 Å². The summed E-state index contributed by atoms with van der Waals surface area (Å²) < 4.78 is 44.8. The summed E-state index contributed by atoms with van der Waals surface area (Å²) in [5.41, 5.74) is 0.313. The first-order chi connectivity index (χ1) is 13.7. The number of ether oxygens (including phenoxy) is 1. The normalized spacial score (nSPS) is 11.2. The van der Waals surface area contributed by atoms with Crippen molar-refractivity contribution in [3.05, 3.63) is 77.6 Å². The zero-order valence-corrected chi connectivity index (χ0v) is 15.2. The first-order valence-corrected chi connectivity index (χ1v) is 8.48. The molecule has 0 spiro atoms. The molecule has 0 aliphatic rings. The first kappa shape index (κ1) is 20.1. The Balaban J connectivity index is 1.60. The first-order valence-electron chi connectivity index (χ1n) is 8.48. The summed E-state index contributed by atoms with van der Waals surface area (Å²) in [7, 11) is 0. The molecule has 1 heterocycles. The number of alkyl halides is 3. The zero-order valence-electron chi connectivity index (χ0n) is 15.2. The maximum absolute atomic E-state index is 12.7. The van der Waals surface area contributed by atoms with Gasteiger partial charge in [0.1, 0.15) is 5.75 Å². The summed E-state index contributed by atoms with van der Waals surface area (Å²) in [5.74, 6) is -0.521. The molecule has 9 heteroatoms. The highest BCUT2D eigenvalue weighted by Gasteiger charge is 2.30. The molecule has 3 rings (SSSR count). The Labute approximate surface area is 163 Å². The van der Waals surface area contributed by atoms with Gasteiger partial charge in [0.15, 0.2) is 18.2 Å². The number of hydrogen-bond donors (Lipinski definition) is 1. The molecule has 0 fully saturated rings. The number of anilines is 1. The van der Waals surface area contributed by atoms with E-state index in [1.807, 2.05) is 0 Å². The van der Waals surface area contributed by atoms with Gasteiger partial charge in [0.05, 0.1) is 5.56 Å². The Morgan fingerprint density at radius 1 is 1.10 bits per heavy atom. The van der Waals surface area contributed by atoms with Gasteiger partial charge in [-0.1, -0.05) is 6.07 Å². The quantitative estimate of drug-likeness (QED) is 0.620. The van der Waals surface area contributed by atoms with Crippen LogP contribution in [0.15, 0.2) is 60.8 Å². The number of aromatic nitrogens is 2. The van der Waals surface area contributed by atoms with Crippen LogP contribution in [0.2, 0.25) is 0 Å². The fourth-order valence-corrected chi connectivity index (χ4v) is 2.44. The predicted molar refractivity (Wildman–Crippen MR) is 98.7 cm³/mol. The average Bonchev–Trinajstić information content (AvgIpc) is 3.15. The fraction of sp³-hybridized carbons (Fsp3) is 0.150. The van der Waals surface area contributed by atoms with Crippen LogP contribution >= 0.6 is 0 Å². The molecule has 0 bridgehead atoms. The largest absolute Gasteiger partial charge is 0.471 e. The van der Waals surface area contributed by atoms with Gasteiger partial charge in [0.25, 0.3) is 5.91 Å². The van der Waals surface area contributed by atoms with Gasteiger partial charge in [0.2, 0.25) is 0 Å². The standard InChI is InChI=1S/C20H16F3N3O3/c1-13(27)14-5-7-16(8-6-14)24-19(28)18-9-10-26(25-18)12-29-17-4-2-3-15(11-17)20(21,22)23/h2-11H,12H2,1H3,(H,24,28). The van der Waals surface area contributed by atoms with Crippen molar-refractivity contribution in [2.24, 2.45) is 0 Å². The smallest absolute Gasteiger partial charge is 0.416 e. The van der Waals surface area contributed by atoms with E-state index in [0.717, 1.165) is 12.1 Å². The molecule has 3 aromatic rings. The lowest BCUT2D eigenvalue weighted by molar-refractivity contribution is -0.137. The third-order valence-corrected chi connectivity index (χ3v) is 3.95. The van der Waals surface area contributed by atoms with Gasteiger partial charge >= 0.3 is 6.18 Å². The van der Waals surface area contributed by atoms with E-state index >= 15 is 0 Å². The van der Waals surface area contributed by atoms with Gasteiger partial charge < -0.3 is 10.1 Å². The molecule has 1 aromatic heterocycles. The highest BCUT2D eigenvalue weighted by molar-refractivity contribution is 6.03. The SMILES string of the molecule is CC(=O)c1ccc(NC(=O)c2ccn(COc3cccc(C(F)(F)F)c3)n2)cc1. The number of nitrogens with zero attached hydrogens (tertiary/aromatic N) is 2. The van der Waals surface area contributed by atoms with Crippen LogP contribution in [0.5, 0.6) is 5.75 Å². The second-order valence-corrected chi connectivity index (χ2v) is 6.13. The van der Waals surface area contributed by atoms with Gasteiger partial charge in [-0.3, -0.25) is 9.59 Å². The minimum atomic E-state index is -4.46. The monoisotopic (exact) mass is 403 g/mol. The van der Waals surface area contributed by atoms with Crippen molar-refractivity contribution in [1.82, 2.24) is 9.78 Å². The Morgan fingerprint density at radius 3 is 2.48 bits per heavy atom. The van der Waals surface area contributed by atoms with Crippen molar-refractivity contribution in [2.75, 3.05) is 5.32 Å². The number of halogens is 3. The number of nitrogens with one attached hydrogen (secondary N) is 1. The Bertz CT molecular complexity index is 1030. The van der Waals surface area contributed by atoms with Gasteiger partial charge in [0, 0.05) is 17.4 Å². The van der Waals surface area contributed by atoms with Crippen LogP contribution in [0.1, 0.15) is 33.3 Å². The second kappa shape index (κ2) is 8.17. The second-order valence-electron chi connectivity index (χ2n) is 6.13. The highest BCUT2D eigenvalue weighted by atomic mass is 19.4. The molecule has 1 amide bonds. The lowest BCUT2D eigenvalue weighted by atomic mass is 10.1. The molecule has 2 aromatic carbocycles. The number of hydrogen-bond acceptors (Lipinski definition) is 4. The van der Waals surface area contributed by atoms with Crippen molar-refractivity contribution < 1.29 is 27.5 Å². The zero-order chi connectivity index (χ0) is 21.0. The van der Waals surface area contributed by atoms with E-state index in [2.05, 4.69) is 10.4 Å². The molecular formula is C20H16F3N3O3. The minimum Gasteiger partial charge on any atom is -0.471 e. The summed E-state index contributed by atoms with van der Waals surface area (Å²) >= 11 is 0. The van der Waals surface area contributed by atoms with E-state index in [9.17, 15) is 22.8 Å². The van der Waals surface area contributed by atoms with Crippen LogP contribution in [0.25, 0.3) is 0 Å². The van der Waals surface area contributed by atoms with Crippen LogP contribution in [-0.2, 0) is 12.9 Å². The van der Waals surface area contributed by atoms with E-state index in [-0.39, 0.29) is 24.0 Å². The molecule has 29 heavy (non-hydrogen) atoms. The third-order valence-electron chi connectivity index (χ3n) is 3.95. The molecule has 0 radical (unpaired) electrons. The maximum atomic E-state index is 12.7. The topological polar surface area (TPSA) is 73.2 Å². The van der Waals surface area contributed by atoms with E-state index in [1.165, 1.54) is 36.0 Å². The van der Waals surface area contributed by atoms with Crippen molar-refractivity contribution in [2.45, 2.75) is 19.8 Å². The maximum Gasteiger partial charge on any atom is 0.416 e. The summed E-state index contributed by atoms with van der Waals surface area (Å²) in [6.07, 6.45) is -2.99. The molecule has 0 atom stereocenters. The fourth-order valence-electron chi connectivity index (χ4n) is 2.44. The van der Waals surface area contributed by atoms with Crippen molar-refractivity contribution in [3.63, 3.8) is 0 Å². The molecule has 1 N–H and O–H groups in total. The van der Waals surface area contributed by atoms with Crippen LogP contribution in [0.3, 0.4) is 0 Å². The molecule has 0 saturated carbocycles. The number of benzene rings is 2. The summed E-state index contributed by atoms with van der Waals surface area (Å²) in [6.45, 7) is 1.28. The number of carbonyl (C=O) groups is 2. The lowest BCUT2D eigenvalue weighted by Crippen LogP contribution is -2.14. The van der Waals surface area contributed by atoms with E-state index in [1.54, 1.807) is 24.3 Å². The van der Waals surface area contributed by atoms with Gasteiger partial charge in [-0.25, -0.2) is 4.68 Å². The van der Waals surface area contributed by atoms with Gasteiger partial charge in [-0.2, -0.15) is 18.3 Å². The number of carbonyl (C=O) groups excluding carboxylic acids is 2. The number of amides is 1.